The second-order valence-electron chi connectivity index (χ2n) is 5.83. The molecule has 1 amide bonds. The number of aliphatic carboxylic acids is 2. The lowest BCUT2D eigenvalue weighted by Crippen LogP contribution is -2.42. The number of carbonyl (C=O) groups is 3. The molecule has 0 bridgehead atoms. The van der Waals surface area contributed by atoms with E-state index in [4.69, 9.17) is 19.7 Å². The molecule has 0 fully saturated rings. The number of hydrogen-bond donors (Lipinski definition) is 3. The Morgan fingerprint density at radius 1 is 1.15 bits per heavy atom. The Hall–Kier alpha value is -2.81. The standard InChI is InChI=1S/C18H26N2O7/c1-3-10-20(11-12-26-2)13-4-6-14(7-5-13)27-18(25)19-15(17(23)24)8-9-16(21)22/h4-7,15H,3,8-12H2,1-2H3,(H,19,25)(H,21,22)(H,23,24)/t15-/m0/s1. The lowest BCUT2D eigenvalue weighted by atomic mass is 10.1. The minimum atomic E-state index is -1.33. The van der Waals surface area contributed by atoms with Crippen LogP contribution >= 0.6 is 0 Å². The molecule has 0 radical (unpaired) electrons. The van der Waals surface area contributed by atoms with Crippen molar-refractivity contribution in [2.45, 2.75) is 32.2 Å². The zero-order valence-corrected chi connectivity index (χ0v) is 15.5. The van der Waals surface area contributed by atoms with Crippen molar-refractivity contribution in [2.24, 2.45) is 0 Å². The molecule has 1 rings (SSSR count). The quantitative estimate of drug-likeness (QED) is 0.501. The number of rotatable bonds is 12. The number of hydrogen-bond acceptors (Lipinski definition) is 6. The van der Waals surface area contributed by atoms with Crippen molar-refractivity contribution in [1.82, 2.24) is 5.32 Å². The van der Waals surface area contributed by atoms with Gasteiger partial charge in [0.15, 0.2) is 0 Å². The van der Waals surface area contributed by atoms with Gasteiger partial charge in [0.1, 0.15) is 11.8 Å². The van der Waals surface area contributed by atoms with Crippen LogP contribution < -0.4 is 15.0 Å². The van der Waals surface area contributed by atoms with Gasteiger partial charge in [-0.15, -0.1) is 0 Å². The molecule has 0 spiro atoms. The highest BCUT2D eigenvalue weighted by Crippen LogP contribution is 2.20. The van der Waals surface area contributed by atoms with Gasteiger partial charge in [0, 0.05) is 32.3 Å². The van der Waals surface area contributed by atoms with Gasteiger partial charge in [-0.2, -0.15) is 0 Å². The number of carbonyl (C=O) groups excluding carboxylic acids is 1. The lowest BCUT2D eigenvalue weighted by Gasteiger charge is -2.24. The van der Waals surface area contributed by atoms with E-state index in [1.807, 2.05) is 0 Å². The van der Waals surface area contributed by atoms with Gasteiger partial charge in [-0.25, -0.2) is 9.59 Å². The highest BCUT2D eigenvalue weighted by molar-refractivity contribution is 5.81. The SMILES string of the molecule is CCCN(CCOC)c1ccc(OC(=O)N[C@@H](CCC(=O)O)C(=O)O)cc1. The maximum atomic E-state index is 11.9. The third-order valence-electron chi connectivity index (χ3n) is 3.71. The minimum absolute atomic E-state index is 0.232. The van der Waals surface area contributed by atoms with Crippen molar-refractivity contribution < 1.29 is 34.1 Å². The Balaban J connectivity index is 2.65. The fourth-order valence-corrected chi connectivity index (χ4v) is 2.37. The summed E-state index contributed by atoms with van der Waals surface area (Å²) in [6.45, 7) is 4.25. The highest BCUT2D eigenvalue weighted by atomic mass is 16.6. The van der Waals surface area contributed by atoms with Crippen LogP contribution in [0.3, 0.4) is 0 Å². The number of anilines is 1. The van der Waals surface area contributed by atoms with E-state index < -0.39 is 24.1 Å². The first kappa shape index (κ1) is 22.2. The molecule has 1 atom stereocenters. The predicted octanol–water partition coefficient (Wildman–Crippen LogP) is 1.96. The number of carboxylic acid groups (broad SMARTS) is 2. The summed E-state index contributed by atoms with van der Waals surface area (Å²) >= 11 is 0. The molecule has 0 unspecified atom stereocenters. The van der Waals surface area contributed by atoms with Crippen LogP contribution in [0, 0.1) is 0 Å². The van der Waals surface area contributed by atoms with Crippen molar-refractivity contribution in [3.8, 4) is 5.75 Å². The fourth-order valence-electron chi connectivity index (χ4n) is 2.37. The molecule has 0 saturated heterocycles. The number of carboxylic acids is 2. The third kappa shape index (κ3) is 8.41. The normalized spacial score (nSPS) is 11.5. The van der Waals surface area contributed by atoms with Crippen LogP contribution in [-0.4, -0.2) is 61.1 Å². The summed E-state index contributed by atoms with van der Waals surface area (Å²) in [4.78, 5) is 35.6. The molecule has 3 N–H and O–H groups in total. The van der Waals surface area contributed by atoms with Gasteiger partial charge >= 0.3 is 18.0 Å². The predicted molar refractivity (Wildman–Crippen MR) is 98.3 cm³/mol. The van der Waals surface area contributed by atoms with E-state index in [0.717, 1.165) is 25.2 Å². The fraction of sp³-hybridized carbons (Fsp3) is 0.500. The van der Waals surface area contributed by atoms with E-state index in [1.54, 1.807) is 31.4 Å². The molecule has 1 aromatic rings. The minimum Gasteiger partial charge on any atom is -0.481 e. The van der Waals surface area contributed by atoms with E-state index in [0.29, 0.717) is 6.61 Å². The second-order valence-corrected chi connectivity index (χ2v) is 5.83. The molecule has 9 nitrogen and oxygen atoms in total. The van der Waals surface area contributed by atoms with Crippen LogP contribution in [0.1, 0.15) is 26.2 Å². The zero-order valence-electron chi connectivity index (χ0n) is 15.5. The molecule has 0 heterocycles. The molecular weight excluding hydrogens is 356 g/mol. The highest BCUT2D eigenvalue weighted by Gasteiger charge is 2.22. The number of nitrogens with one attached hydrogen (secondary N) is 1. The Kier molecular flexibility index (Phi) is 9.66. The van der Waals surface area contributed by atoms with Crippen molar-refractivity contribution in [3.63, 3.8) is 0 Å². The van der Waals surface area contributed by atoms with E-state index >= 15 is 0 Å². The maximum absolute atomic E-state index is 11.9. The Labute approximate surface area is 157 Å². The summed E-state index contributed by atoms with van der Waals surface area (Å²) in [5, 5.41) is 19.8. The summed E-state index contributed by atoms with van der Waals surface area (Å²) in [5.41, 5.74) is 0.950. The third-order valence-corrected chi connectivity index (χ3v) is 3.71. The van der Waals surface area contributed by atoms with Gasteiger partial charge in [-0.05, 0) is 37.1 Å². The number of benzene rings is 1. The topological polar surface area (TPSA) is 125 Å². The second kappa shape index (κ2) is 11.7. The Bertz CT molecular complexity index is 619. The van der Waals surface area contributed by atoms with E-state index in [2.05, 4.69) is 17.1 Å². The summed E-state index contributed by atoms with van der Waals surface area (Å²) in [5.74, 6) is -2.21. The molecule has 0 aromatic heterocycles. The molecule has 0 saturated carbocycles. The summed E-state index contributed by atoms with van der Waals surface area (Å²) in [6.07, 6.45) is -0.590. The monoisotopic (exact) mass is 382 g/mol. The van der Waals surface area contributed by atoms with Gasteiger partial charge in [-0.3, -0.25) is 4.79 Å². The van der Waals surface area contributed by atoms with Gasteiger partial charge in [0.2, 0.25) is 0 Å². The van der Waals surface area contributed by atoms with Crippen molar-refractivity contribution in [2.75, 3.05) is 31.7 Å². The summed E-state index contributed by atoms with van der Waals surface area (Å²) in [7, 11) is 1.64. The first-order valence-corrected chi connectivity index (χ1v) is 8.64. The number of ether oxygens (including phenoxy) is 2. The van der Waals surface area contributed by atoms with E-state index in [1.165, 1.54) is 0 Å². The van der Waals surface area contributed by atoms with Crippen LogP contribution in [0.5, 0.6) is 5.75 Å². The lowest BCUT2D eigenvalue weighted by molar-refractivity contribution is -0.140. The van der Waals surface area contributed by atoms with Crippen LogP contribution in [0.15, 0.2) is 24.3 Å². The number of nitrogens with zero attached hydrogens (tertiary/aromatic N) is 1. The smallest absolute Gasteiger partial charge is 0.413 e. The molecule has 9 heteroatoms. The average Bonchev–Trinajstić information content (AvgIpc) is 2.62. The number of methoxy groups -OCH3 is 1. The molecule has 0 aliphatic heterocycles. The van der Waals surface area contributed by atoms with Crippen molar-refractivity contribution in [3.05, 3.63) is 24.3 Å². The summed E-state index contributed by atoms with van der Waals surface area (Å²) in [6, 6.07) is 5.48. The van der Waals surface area contributed by atoms with Gasteiger partial charge in [0.05, 0.1) is 6.61 Å². The average molecular weight is 382 g/mol. The van der Waals surface area contributed by atoms with E-state index in [-0.39, 0.29) is 18.6 Å². The molecule has 0 aliphatic rings. The summed E-state index contributed by atoms with van der Waals surface area (Å²) < 4.78 is 10.2. The molecular formula is C18H26N2O7. The molecule has 0 aliphatic carbocycles. The number of amides is 1. The van der Waals surface area contributed by atoms with Crippen LogP contribution in [0.4, 0.5) is 10.5 Å². The Morgan fingerprint density at radius 2 is 1.81 bits per heavy atom. The molecule has 150 valence electrons. The largest absolute Gasteiger partial charge is 0.481 e. The molecule has 1 aromatic carbocycles. The van der Waals surface area contributed by atoms with E-state index in [9.17, 15) is 14.4 Å². The van der Waals surface area contributed by atoms with Crippen molar-refractivity contribution in [1.29, 1.82) is 0 Å². The maximum Gasteiger partial charge on any atom is 0.413 e. The molecule has 27 heavy (non-hydrogen) atoms. The van der Waals surface area contributed by atoms with Crippen LogP contribution in [-0.2, 0) is 14.3 Å². The van der Waals surface area contributed by atoms with Gasteiger partial charge in [-0.1, -0.05) is 6.92 Å². The van der Waals surface area contributed by atoms with Crippen LogP contribution in [0.25, 0.3) is 0 Å². The first-order valence-electron chi connectivity index (χ1n) is 8.64. The van der Waals surface area contributed by atoms with Gasteiger partial charge < -0.3 is 29.9 Å². The zero-order chi connectivity index (χ0) is 20.2. The van der Waals surface area contributed by atoms with Crippen molar-refractivity contribution >= 4 is 23.7 Å². The van der Waals surface area contributed by atoms with Crippen LogP contribution in [0.2, 0.25) is 0 Å². The first-order chi connectivity index (χ1) is 12.9. The Morgan fingerprint density at radius 3 is 2.33 bits per heavy atom. The van der Waals surface area contributed by atoms with Gasteiger partial charge in [0.25, 0.3) is 0 Å².